The number of unbranched alkanes of at least 4 members (excludes halogenated alkanes) is 1. The number of guanidine groups is 1. The molecule has 1 fully saturated rings. The fourth-order valence-corrected chi connectivity index (χ4v) is 4.59. The molecule has 6 nitrogen and oxygen atoms in total. The molecule has 1 heterocycles. The lowest BCUT2D eigenvalue weighted by molar-refractivity contribution is 0.181. The maximum Gasteiger partial charge on any atom is 0.191 e. The fourth-order valence-electron chi connectivity index (χ4n) is 3.74. The topological polar surface area (TPSA) is 73.8 Å². The van der Waals surface area contributed by atoms with Gasteiger partial charge in [0, 0.05) is 32.9 Å². The van der Waals surface area contributed by atoms with E-state index in [4.69, 9.17) is 0 Å². The SMILES string of the molecule is CN=C(NCCCCN1CCCC(C)C1)NCc1cc(F)ccc1CS(C)(=O)=O.I. The molecular formula is C21H36FIN4O2S. The zero-order valence-corrected chi connectivity index (χ0v) is 21.4. The molecule has 1 saturated heterocycles. The number of hydrogen-bond acceptors (Lipinski definition) is 4. The summed E-state index contributed by atoms with van der Waals surface area (Å²) in [5.41, 5.74) is 1.23. The van der Waals surface area contributed by atoms with Gasteiger partial charge in [0.05, 0.1) is 5.75 Å². The summed E-state index contributed by atoms with van der Waals surface area (Å²) in [6, 6.07) is 4.20. The second kappa shape index (κ2) is 13.5. The van der Waals surface area contributed by atoms with Crippen molar-refractivity contribution in [2.24, 2.45) is 10.9 Å². The van der Waals surface area contributed by atoms with Gasteiger partial charge < -0.3 is 15.5 Å². The fraction of sp³-hybridized carbons (Fsp3) is 0.667. The van der Waals surface area contributed by atoms with Gasteiger partial charge in [-0.25, -0.2) is 12.8 Å². The van der Waals surface area contributed by atoms with Gasteiger partial charge in [-0.3, -0.25) is 4.99 Å². The van der Waals surface area contributed by atoms with Crippen LogP contribution >= 0.6 is 24.0 Å². The summed E-state index contributed by atoms with van der Waals surface area (Å²) in [4.78, 5) is 6.75. The predicted octanol–water partition coefficient (Wildman–Crippen LogP) is 3.17. The second-order valence-electron chi connectivity index (χ2n) is 8.09. The lowest BCUT2D eigenvalue weighted by Crippen LogP contribution is -2.38. The highest BCUT2D eigenvalue weighted by atomic mass is 127. The van der Waals surface area contributed by atoms with Crippen molar-refractivity contribution in [3.8, 4) is 0 Å². The van der Waals surface area contributed by atoms with Crippen molar-refractivity contribution < 1.29 is 12.8 Å². The minimum atomic E-state index is -3.19. The molecule has 0 radical (unpaired) electrons. The predicted molar refractivity (Wildman–Crippen MR) is 133 cm³/mol. The van der Waals surface area contributed by atoms with Crippen molar-refractivity contribution >= 4 is 39.8 Å². The highest BCUT2D eigenvalue weighted by Gasteiger charge is 2.15. The summed E-state index contributed by atoms with van der Waals surface area (Å²) in [6.45, 7) is 7.00. The van der Waals surface area contributed by atoms with Crippen LogP contribution in [-0.2, 0) is 22.1 Å². The maximum atomic E-state index is 13.6. The minimum absolute atomic E-state index is 0. The number of sulfone groups is 1. The van der Waals surface area contributed by atoms with Gasteiger partial charge in [-0.15, -0.1) is 24.0 Å². The standard InChI is InChI=1S/C21H35FN4O2S.HI/c1-17-7-6-12-26(15-17)11-5-4-10-24-21(23-2)25-14-19-13-20(22)9-8-18(19)16-29(3,27)28;/h8-9,13,17H,4-7,10-12,14-16H2,1-3H3,(H2,23,24,25);1H. The van der Waals surface area contributed by atoms with Gasteiger partial charge in [0.15, 0.2) is 15.8 Å². The summed E-state index contributed by atoms with van der Waals surface area (Å²) >= 11 is 0. The van der Waals surface area contributed by atoms with Gasteiger partial charge in [-0.2, -0.15) is 0 Å². The molecule has 1 aliphatic rings. The Morgan fingerprint density at radius 3 is 2.70 bits per heavy atom. The third-order valence-electron chi connectivity index (χ3n) is 5.19. The van der Waals surface area contributed by atoms with Gasteiger partial charge in [0.2, 0.25) is 0 Å². The van der Waals surface area contributed by atoms with Crippen molar-refractivity contribution in [3.05, 3.63) is 35.1 Å². The van der Waals surface area contributed by atoms with E-state index >= 15 is 0 Å². The average molecular weight is 555 g/mol. The highest BCUT2D eigenvalue weighted by molar-refractivity contribution is 14.0. The van der Waals surface area contributed by atoms with Crippen molar-refractivity contribution in [3.63, 3.8) is 0 Å². The Labute approximate surface area is 198 Å². The van der Waals surface area contributed by atoms with E-state index in [-0.39, 0.29) is 35.5 Å². The molecule has 1 unspecified atom stereocenters. The van der Waals surface area contributed by atoms with E-state index in [2.05, 4.69) is 27.4 Å². The van der Waals surface area contributed by atoms with Crippen molar-refractivity contribution in [1.82, 2.24) is 15.5 Å². The monoisotopic (exact) mass is 554 g/mol. The Bertz CT molecular complexity index is 789. The van der Waals surface area contributed by atoms with Crippen LogP contribution < -0.4 is 10.6 Å². The van der Waals surface area contributed by atoms with Gasteiger partial charge in [0.1, 0.15) is 5.82 Å². The summed E-state index contributed by atoms with van der Waals surface area (Å²) in [5, 5.41) is 6.43. The van der Waals surface area contributed by atoms with E-state index in [0.29, 0.717) is 23.6 Å². The number of halogens is 2. The van der Waals surface area contributed by atoms with E-state index in [0.717, 1.165) is 31.8 Å². The minimum Gasteiger partial charge on any atom is -0.356 e. The van der Waals surface area contributed by atoms with Crippen LogP contribution in [0.2, 0.25) is 0 Å². The molecule has 1 aromatic rings. The summed E-state index contributed by atoms with van der Waals surface area (Å²) in [7, 11) is -1.50. The maximum absolute atomic E-state index is 13.6. The number of nitrogens with zero attached hydrogens (tertiary/aromatic N) is 2. The van der Waals surface area contributed by atoms with Gasteiger partial charge in [-0.1, -0.05) is 13.0 Å². The molecule has 172 valence electrons. The number of benzene rings is 1. The number of piperidine rings is 1. The Balaban J connectivity index is 0.00000450. The molecule has 0 amide bonds. The van der Waals surface area contributed by atoms with Crippen molar-refractivity contribution in [2.45, 2.75) is 44.9 Å². The number of likely N-dealkylation sites (tertiary alicyclic amines) is 1. The average Bonchev–Trinajstić information content (AvgIpc) is 2.65. The Morgan fingerprint density at radius 1 is 1.27 bits per heavy atom. The van der Waals surface area contributed by atoms with Crippen LogP contribution in [0.3, 0.4) is 0 Å². The number of aliphatic imine (C=N–C) groups is 1. The van der Waals surface area contributed by atoms with Crippen LogP contribution in [0.5, 0.6) is 0 Å². The van der Waals surface area contributed by atoms with Crippen molar-refractivity contribution in [2.75, 3.05) is 39.5 Å². The molecule has 9 heteroatoms. The van der Waals surface area contributed by atoms with Gasteiger partial charge in [0.25, 0.3) is 0 Å². The molecule has 30 heavy (non-hydrogen) atoms. The molecule has 0 bridgehead atoms. The zero-order chi connectivity index (χ0) is 21.3. The van der Waals surface area contributed by atoms with E-state index < -0.39 is 9.84 Å². The van der Waals surface area contributed by atoms with E-state index in [9.17, 15) is 12.8 Å². The molecular weight excluding hydrogens is 518 g/mol. The Morgan fingerprint density at radius 2 is 2.03 bits per heavy atom. The summed E-state index contributed by atoms with van der Waals surface area (Å²) in [6.07, 6.45) is 6.01. The first kappa shape index (κ1) is 27.1. The normalized spacial score (nSPS) is 18.0. The van der Waals surface area contributed by atoms with Crippen LogP contribution in [-0.4, -0.2) is 58.8 Å². The molecule has 0 saturated carbocycles. The van der Waals surface area contributed by atoms with Crippen LogP contribution in [0, 0.1) is 11.7 Å². The van der Waals surface area contributed by atoms with Crippen molar-refractivity contribution in [1.29, 1.82) is 0 Å². The van der Waals surface area contributed by atoms with Crippen LogP contribution in [0.4, 0.5) is 4.39 Å². The molecule has 0 spiro atoms. The highest BCUT2D eigenvalue weighted by Crippen LogP contribution is 2.16. The lowest BCUT2D eigenvalue weighted by Gasteiger charge is -2.30. The molecule has 0 aliphatic carbocycles. The quantitative estimate of drug-likeness (QED) is 0.213. The Hall–Kier alpha value is -0.940. The lowest BCUT2D eigenvalue weighted by atomic mass is 10.0. The first-order valence-corrected chi connectivity index (χ1v) is 12.4. The summed E-state index contributed by atoms with van der Waals surface area (Å²) in [5.74, 6) is 0.950. The first-order chi connectivity index (χ1) is 13.8. The third-order valence-corrected chi connectivity index (χ3v) is 6.03. The largest absolute Gasteiger partial charge is 0.356 e. The van der Waals surface area contributed by atoms with E-state index in [1.54, 1.807) is 7.05 Å². The van der Waals surface area contributed by atoms with Crippen LogP contribution in [0.1, 0.15) is 43.7 Å². The van der Waals surface area contributed by atoms with E-state index in [1.165, 1.54) is 50.4 Å². The molecule has 1 atom stereocenters. The van der Waals surface area contributed by atoms with E-state index in [1.807, 2.05) is 0 Å². The zero-order valence-electron chi connectivity index (χ0n) is 18.3. The van der Waals surface area contributed by atoms with Gasteiger partial charge in [-0.05, 0) is 68.0 Å². The number of nitrogens with one attached hydrogen (secondary N) is 2. The Kier molecular flexibility index (Phi) is 12.2. The number of rotatable bonds is 9. The number of hydrogen-bond donors (Lipinski definition) is 2. The molecule has 1 aliphatic heterocycles. The second-order valence-corrected chi connectivity index (χ2v) is 10.2. The van der Waals surface area contributed by atoms with Crippen LogP contribution in [0.25, 0.3) is 0 Å². The van der Waals surface area contributed by atoms with Crippen LogP contribution in [0.15, 0.2) is 23.2 Å². The molecule has 1 aromatic carbocycles. The molecule has 2 N–H and O–H groups in total. The third kappa shape index (κ3) is 10.4. The smallest absolute Gasteiger partial charge is 0.191 e. The van der Waals surface area contributed by atoms with Gasteiger partial charge >= 0.3 is 0 Å². The first-order valence-electron chi connectivity index (χ1n) is 10.4. The molecule has 2 rings (SSSR count). The molecule has 0 aromatic heterocycles. The summed E-state index contributed by atoms with van der Waals surface area (Å²) < 4.78 is 36.9.